The lowest BCUT2D eigenvalue weighted by Gasteiger charge is -2.40. The summed E-state index contributed by atoms with van der Waals surface area (Å²) in [5.74, 6) is -2.16. The molecule has 1 heterocycles. The monoisotopic (exact) mass is 394 g/mol. The fourth-order valence-corrected chi connectivity index (χ4v) is 2.80. The first-order valence-electron chi connectivity index (χ1n) is 8.91. The van der Waals surface area contributed by atoms with Gasteiger partial charge >= 0.3 is 11.9 Å². The van der Waals surface area contributed by atoms with Gasteiger partial charge in [-0.05, 0) is 20.3 Å². The zero-order chi connectivity index (χ0) is 20.8. The maximum atomic E-state index is 11.8. The zero-order valence-corrected chi connectivity index (χ0v) is 15.8. The molecule has 1 aliphatic heterocycles. The molecule has 0 aromatic carbocycles. The van der Waals surface area contributed by atoms with Gasteiger partial charge in [0.1, 0.15) is 31.0 Å². The van der Waals surface area contributed by atoms with Crippen LogP contribution < -0.4 is 0 Å². The van der Waals surface area contributed by atoms with E-state index < -0.39 is 67.7 Å². The molecule has 0 radical (unpaired) electrons. The molecule has 0 spiro atoms. The van der Waals surface area contributed by atoms with Crippen LogP contribution in [-0.4, -0.2) is 86.5 Å². The Hall–Kier alpha value is -1.30. The summed E-state index contributed by atoms with van der Waals surface area (Å²) in [5, 5.41) is 48.5. The Morgan fingerprint density at radius 3 is 2.33 bits per heavy atom. The van der Waals surface area contributed by atoms with Crippen molar-refractivity contribution in [3.05, 3.63) is 0 Å². The molecule has 1 fully saturated rings. The summed E-state index contributed by atoms with van der Waals surface area (Å²) < 4.78 is 15.9. The molecule has 10 nitrogen and oxygen atoms in total. The van der Waals surface area contributed by atoms with Gasteiger partial charge in [-0.15, -0.1) is 0 Å². The van der Waals surface area contributed by atoms with Gasteiger partial charge in [0.05, 0.1) is 24.5 Å². The summed E-state index contributed by atoms with van der Waals surface area (Å²) in [4.78, 5) is 22.5. The molecule has 0 aromatic rings. The minimum absolute atomic E-state index is 0.258. The first kappa shape index (κ1) is 23.7. The average Bonchev–Trinajstić information content (AvgIpc) is 2.52. The van der Waals surface area contributed by atoms with Gasteiger partial charge in [0.25, 0.3) is 0 Å². The predicted molar refractivity (Wildman–Crippen MR) is 90.6 cm³/mol. The summed E-state index contributed by atoms with van der Waals surface area (Å²) in [5.41, 5.74) is -1.79. The van der Waals surface area contributed by atoms with E-state index >= 15 is 0 Å². The molecule has 6 unspecified atom stereocenters. The highest BCUT2D eigenvalue weighted by molar-refractivity contribution is 5.73. The number of aliphatic hydroxyl groups is 4. The third kappa shape index (κ3) is 7.68. The van der Waals surface area contributed by atoms with Gasteiger partial charge in [-0.2, -0.15) is 0 Å². The molecule has 7 atom stereocenters. The van der Waals surface area contributed by atoms with E-state index in [0.717, 1.165) is 6.42 Å². The molecule has 0 aliphatic carbocycles. The number of carbonyl (C=O) groups is 2. The molecule has 0 amide bonds. The lowest BCUT2D eigenvalue weighted by atomic mass is 9.98. The molecular formula is C17H30O10. The van der Waals surface area contributed by atoms with Crippen LogP contribution in [0.2, 0.25) is 0 Å². The maximum absolute atomic E-state index is 11.8. The van der Waals surface area contributed by atoms with Crippen molar-refractivity contribution in [2.45, 2.75) is 88.9 Å². The number of carboxylic acids is 1. The predicted octanol–water partition coefficient (Wildman–Crippen LogP) is -0.842. The third-order valence-electron chi connectivity index (χ3n) is 4.20. The Labute approximate surface area is 157 Å². The molecule has 1 aliphatic rings. The SMILES string of the molecule is CCC[C@@H](C)OC1OC(COC(=O)CC(C)(O)CC(=O)O)C(O)C(O)C1O. The van der Waals surface area contributed by atoms with E-state index in [-0.39, 0.29) is 6.10 Å². The number of carbonyl (C=O) groups excluding carboxylic acids is 1. The Bertz CT molecular complexity index is 494. The molecule has 158 valence electrons. The second-order valence-electron chi connectivity index (χ2n) is 7.18. The van der Waals surface area contributed by atoms with E-state index in [2.05, 4.69) is 0 Å². The van der Waals surface area contributed by atoms with E-state index in [1.807, 2.05) is 6.92 Å². The molecular weight excluding hydrogens is 364 g/mol. The standard InChI is InChI=1S/C17H30O10/c1-4-5-9(2)26-16-15(23)14(22)13(21)10(27-16)8-25-12(20)7-17(3,24)6-11(18)19/h9-10,13-16,21-24H,4-8H2,1-3H3,(H,18,19)/t9-,10?,13?,14?,15?,16?,17?/m1/s1. The van der Waals surface area contributed by atoms with Crippen molar-refractivity contribution < 1.29 is 49.3 Å². The zero-order valence-electron chi connectivity index (χ0n) is 15.8. The summed E-state index contributed by atoms with van der Waals surface area (Å²) in [6.07, 6.45) is -6.84. The highest BCUT2D eigenvalue weighted by Crippen LogP contribution is 2.24. The van der Waals surface area contributed by atoms with Crippen LogP contribution in [0.1, 0.15) is 46.5 Å². The number of hydrogen-bond donors (Lipinski definition) is 5. The quantitative estimate of drug-likeness (QED) is 0.295. The molecule has 1 saturated heterocycles. The molecule has 0 saturated carbocycles. The average molecular weight is 394 g/mol. The van der Waals surface area contributed by atoms with Crippen LogP contribution in [0.3, 0.4) is 0 Å². The minimum atomic E-state index is -1.79. The molecule has 0 bridgehead atoms. The number of esters is 1. The lowest BCUT2D eigenvalue weighted by Crippen LogP contribution is -2.59. The Morgan fingerprint density at radius 1 is 1.15 bits per heavy atom. The van der Waals surface area contributed by atoms with E-state index in [0.29, 0.717) is 6.42 Å². The van der Waals surface area contributed by atoms with E-state index in [1.165, 1.54) is 6.92 Å². The fraction of sp³-hybridized carbons (Fsp3) is 0.882. The van der Waals surface area contributed by atoms with Crippen LogP contribution in [0.15, 0.2) is 0 Å². The summed E-state index contributed by atoms with van der Waals surface area (Å²) in [6, 6.07) is 0. The van der Waals surface area contributed by atoms with Gasteiger partial charge < -0.3 is 39.7 Å². The number of hydrogen-bond acceptors (Lipinski definition) is 9. The van der Waals surface area contributed by atoms with Crippen molar-refractivity contribution in [2.24, 2.45) is 0 Å². The summed E-state index contributed by atoms with van der Waals surface area (Å²) in [7, 11) is 0. The second-order valence-corrected chi connectivity index (χ2v) is 7.18. The van der Waals surface area contributed by atoms with Gasteiger partial charge in [0.2, 0.25) is 0 Å². The Balaban J connectivity index is 2.61. The molecule has 0 aromatic heterocycles. The van der Waals surface area contributed by atoms with Gasteiger partial charge in [-0.25, -0.2) is 0 Å². The molecule has 5 N–H and O–H groups in total. The number of rotatable bonds is 10. The summed E-state index contributed by atoms with van der Waals surface area (Å²) >= 11 is 0. The van der Waals surface area contributed by atoms with Crippen molar-refractivity contribution in [1.82, 2.24) is 0 Å². The van der Waals surface area contributed by atoms with Gasteiger partial charge in [-0.1, -0.05) is 13.3 Å². The highest BCUT2D eigenvalue weighted by atomic mass is 16.7. The van der Waals surface area contributed by atoms with Crippen LogP contribution in [0.25, 0.3) is 0 Å². The van der Waals surface area contributed by atoms with Crippen molar-refractivity contribution in [2.75, 3.05) is 6.61 Å². The minimum Gasteiger partial charge on any atom is -0.481 e. The van der Waals surface area contributed by atoms with E-state index in [1.54, 1.807) is 6.92 Å². The largest absolute Gasteiger partial charge is 0.481 e. The Kier molecular flexibility index (Phi) is 9.06. The van der Waals surface area contributed by atoms with Crippen molar-refractivity contribution in [3.63, 3.8) is 0 Å². The van der Waals surface area contributed by atoms with Crippen LogP contribution in [0.5, 0.6) is 0 Å². The van der Waals surface area contributed by atoms with Gasteiger partial charge in [-0.3, -0.25) is 9.59 Å². The van der Waals surface area contributed by atoms with Crippen LogP contribution >= 0.6 is 0 Å². The number of ether oxygens (including phenoxy) is 3. The summed E-state index contributed by atoms with van der Waals surface area (Å²) in [6.45, 7) is 4.46. The van der Waals surface area contributed by atoms with Crippen molar-refractivity contribution in [3.8, 4) is 0 Å². The molecule has 27 heavy (non-hydrogen) atoms. The van der Waals surface area contributed by atoms with Crippen molar-refractivity contribution in [1.29, 1.82) is 0 Å². The van der Waals surface area contributed by atoms with Crippen LogP contribution in [-0.2, 0) is 23.8 Å². The molecule has 10 heteroatoms. The highest BCUT2D eigenvalue weighted by Gasteiger charge is 2.45. The third-order valence-corrected chi connectivity index (χ3v) is 4.20. The first-order valence-corrected chi connectivity index (χ1v) is 8.91. The number of aliphatic carboxylic acids is 1. The molecule has 1 rings (SSSR count). The number of carboxylic acid groups (broad SMARTS) is 1. The van der Waals surface area contributed by atoms with E-state index in [9.17, 15) is 30.0 Å². The van der Waals surface area contributed by atoms with Gasteiger partial charge in [0, 0.05) is 0 Å². The smallest absolute Gasteiger partial charge is 0.308 e. The van der Waals surface area contributed by atoms with Crippen LogP contribution in [0.4, 0.5) is 0 Å². The lowest BCUT2D eigenvalue weighted by molar-refractivity contribution is -0.310. The fourth-order valence-electron chi connectivity index (χ4n) is 2.80. The van der Waals surface area contributed by atoms with E-state index in [4.69, 9.17) is 19.3 Å². The number of aliphatic hydroxyl groups excluding tert-OH is 3. The second kappa shape index (κ2) is 10.3. The van der Waals surface area contributed by atoms with Crippen LogP contribution in [0, 0.1) is 0 Å². The maximum Gasteiger partial charge on any atom is 0.308 e. The first-order chi connectivity index (χ1) is 12.5. The topological polar surface area (TPSA) is 163 Å². The van der Waals surface area contributed by atoms with Gasteiger partial charge in [0.15, 0.2) is 6.29 Å². The van der Waals surface area contributed by atoms with Crippen molar-refractivity contribution >= 4 is 11.9 Å². The Morgan fingerprint density at radius 2 is 1.78 bits per heavy atom. The normalized spacial score (nSPS) is 31.7.